The first-order chi connectivity index (χ1) is 12.9. The standard InChI is InChI=1S/C20H26N6O/c1-20(2,3)18(13-26-10-8-22-15-26)24-19(27)23-17-6-4-5-16(11-17)12-25-9-7-21-14-25/h4-11,14-15,18H,12-13H2,1-3H3,(H2,23,24,27)/t18-/m0/s1. The maximum atomic E-state index is 12.6. The maximum Gasteiger partial charge on any atom is 0.319 e. The Morgan fingerprint density at radius 1 is 1.11 bits per heavy atom. The van der Waals surface area contributed by atoms with Crippen LogP contribution in [0.25, 0.3) is 0 Å². The fourth-order valence-corrected chi connectivity index (χ4v) is 2.81. The summed E-state index contributed by atoms with van der Waals surface area (Å²) in [4.78, 5) is 20.7. The minimum atomic E-state index is -0.213. The molecule has 1 aromatic carbocycles. The van der Waals surface area contributed by atoms with E-state index in [9.17, 15) is 4.79 Å². The van der Waals surface area contributed by atoms with Crippen molar-refractivity contribution >= 4 is 11.7 Å². The number of carbonyl (C=O) groups excluding carboxylic acids is 1. The SMILES string of the molecule is CC(C)(C)[C@H](Cn1ccnc1)NC(=O)Nc1cccc(Cn2ccnc2)c1. The number of hydrogen-bond acceptors (Lipinski definition) is 3. The molecule has 0 spiro atoms. The third kappa shape index (κ3) is 5.44. The van der Waals surface area contributed by atoms with Gasteiger partial charge >= 0.3 is 6.03 Å². The molecule has 0 unspecified atom stereocenters. The lowest BCUT2D eigenvalue weighted by Crippen LogP contribution is -2.47. The molecule has 7 nitrogen and oxygen atoms in total. The summed E-state index contributed by atoms with van der Waals surface area (Å²) in [5, 5.41) is 6.04. The Bertz CT molecular complexity index is 849. The normalized spacial score (nSPS) is 12.6. The smallest absolute Gasteiger partial charge is 0.319 e. The maximum absolute atomic E-state index is 12.6. The molecular formula is C20H26N6O. The Morgan fingerprint density at radius 2 is 1.81 bits per heavy atom. The highest BCUT2D eigenvalue weighted by Gasteiger charge is 2.26. The molecule has 27 heavy (non-hydrogen) atoms. The number of anilines is 1. The van der Waals surface area contributed by atoms with Crippen LogP contribution >= 0.6 is 0 Å². The van der Waals surface area contributed by atoms with Gasteiger partial charge < -0.3 is 19.8 Å². The van der Waals surface area contributed by atoms with Gasteiger partial charge in [0.2, 0.25) is 0 Å². The van der Waals surface area contributed by atoms with Crippen LogP contribution in [0.4, 0.5) is 10.5 Å². The highest BCUT2D eigenvalue weighted by atomic mass is 16.2. The second-order valence-corrected chi connectivity index (χ2v) is 7.71. The average molecular weight is 366 g/mol. The number of nitrogens with zero attached hydrogens (tertiary/aromatic N) is 4. The number of imidazole rings is 2. The molecule has 0 aliphatic rings. The van der Waals surface area contributed by atoms with Gasteiger partial charge in [0.15, 0.2) is 0 Å². The Kier molecular flexibility index (Phi) is 5.59. The predicted molar refractivity (Wildman–Crippen MR) is 105 cm³/mol. The van der Waals surface area contributed by atoms with E-state index in [0.29, 0.717) is 13.1 Å². The number of aromatic nitrogens is 4. The first-order valence-corrected chi connectivity index (χ1v) is 8.98. The lowest BCUT2D eigenvalue weighted by atomic mass is 9.86. The molecule has 3 rings (SSSR count). The molecule has 2 aromatic heterocycles. The first kappa shape index (κ1) is 18.7. The van der Waals surface area contributed by atoms with E-state index in [1.807, 2.05) is 45.8 Å². The predicted octanol–water partition coefficient (Wildman–Crippen LogP) is 3.36. The summed E-state index contributed by atoms with van der Waals surface area (Å²) >= 11 is 0. The van der Waals surface area contributed by atoms with E-state index < -0.39 is 0 Å². The van der Waals surface area contributed by atoms with Gasteiger partial charge in [-0.3, -0.25) is 0 Å². The fourth-order valence-electron chi connectivity index (χ4n) is 2.81. The molecule has 0 aliphatic heterocycles. The van der Waals surface area contributed by atoms with Crippen LogP contribution in [0.2, 0.25) is 0 Å². The number of nitrogens with one attached hydrogen (secondary N) is 2. The molecule has 0 bridgehead atoms. The highest BCUT2D eigenvalue weighted by Crippen LogP contribution is 2.21. The van der Waals surface area contributed by atoms with E-state index in [4.69, 9.17) is 0 Å². The summed E-state index contributed by atoms with van der Waals surface area (Å²) in [5.74, 6) is 0. The van der Waals surface area contributed by atoms with Crippen LogP contribution in [-0.4, -0.2) is 31.2 Å². The Hall–Kier alpha value is -3.09. The van der Waals surface area contributed by atoms with Crippen LogP contribution in [0.1, 0.15) is 26.3 Å². The van der Waals surface area contributed by atoms with Crippen LogP contribution < -0.4 is 10.6 Å². The van der Waals surface area contributed by atoms with E-state index in [-0.39, 0.29) is 17.5 Å². The zero-order chi connectivity index (χ0) is 19.3. The second-order valence-electron chi connectivity index (χ2n) is 7.71. The second kappa shape index (κ2) is 8.07. The van der Waals surface area contributed by atoms with Crippen molar-refractivity contribution < 1.29 is 4.79 Å². The molecule has 7 heteroatoms. The van der Waals surface area contributed by atoms with Crippen molar-refractivity contribution in [2.24, 2.45) is 5.41 Å². The zero-order valence-electron chi connectivity index (χ0n) is 16.0. The van der Waals surface area contributed by atoms with Gasteiger partial charge in [0.25, 0.3) is 0 Å². The Labute approximate surface area is 159 Å². The molecule has 0 radical (unpaired) electrons. The topological polar surface area (TPSA) is 76.8 Å². The van der Waals surface area contributed by atoms with Crippen molar-refractivity contribution in [2.75, 3.05) is 5.32 Å². The molecule has 0 aliphatic carbocycles. The summed E-state index contributed by atoms with van der Waals surface area (Å²) in [5.41, 5.74) is 1.77. The minimum absolute atomic E-state index is 0.0409. The van der Waals surface area contributed by atoms with Gasteiger partial charge in [-0.15, -0.1) is 0 Å². The molecule has 142 valence electrons. The Balaban J connectivity index is 1.63. The quantitative estimate of drug-likeness (QED) is 0.702. The van der Waals surface area contributed by atoms with Gasteiger partial charge in [-0.2, -0.15) is 0 Å². The lowest BCUT2D eigenvalue weighted by molar-refractivity contribution is 0.219. The van der Waals surface area contributed by atoms with Gasteiger partial charge in [-0.05, 0) is 23.1 Å². The number of rotatable bonds is 6. The monoisotopic (exact) mass is 366 g/mol. The summed E-state index contributed by atoms with van der Waals surface area (Å²) in [6.45, 7) is 7.71. The molecule has 1 atom stereocenters. The first-order valence-electron chi connectivity index (χ1n) is 8.98. The molecule has 3 aromatic rings. The molecule has 0 fully saturated rings. The van der Waals surface area contributed by atoms with E-state index >= 15 is 0 Å². The van der Waals surface area contributed by atoms with Crippen LogP contribution in [0.3, 0.4) is 0 Å². The molecule has 0 saturated heterocycles. The number of amides is 2. The molecule has 2 N–H and O–H groups in total. The molecule has 0 saturated carbocycles. The van der Waals surface area contributed by atoms with E-state index in [0.717, 1.165) is 11.3 Å². The summed E-state index contributed by atoms with van der Waals surface area (Å²) < 4.78 is 3.96. The van der Waals surface area contributed by atoms with E-state index in [2.05, 4.69) is 41.4 Å². The lowest BCUT2D eigenvalue weighted by Gasteiger charge is -2.31. The van der Waals surface area contributed by atoms with Crippen molar-refractivity contribution in [1.82, 2.24) is 24.4 Å². The van der Waals surface area contributed by atoms with Gasteiger partial charge in [-0.25, -0.2) is 14.8 Å². The van der Waals surface area contributed by atoms with E-state index in [1.165, 1.54) is 0 Å². The average Bonchev–Trinajstić information content (AvgIpc) is 3.27. The molecule has 2 heterocycles. The number of urea groups is 1. The van der Waals surface area contributed by atoms with Crippen LogP contribution in [0.15, 0.2) is 61.7 Å². The van der Waals surface area contributed by atoms with Crippen molar-refractivity contribution in [1.29, 1.82) is 0 Å². The van der Waals surface area contributed by atoms with Crippen molar-refractivity contribution in [3.63, 3.8) is 0 Å². The van der Waals surface area contributed by atoms with Crippen LogP contribution in [-0.2, 0) is 13.1 Å². The third-order valence-corrected chi connectivity index (χ3v) is 4.41. The van der Waals surface area contributed by atoms with Gasteiger partial charge in [0.05, 0.1) is 18.7 Å². The molecular weight excluding hydrogens is 340 g/mol. The summed E-state index contributed by atoms with van der Waals surface area (Å²) in [7, 11) is 0. The van der Waals surface area contributed by atoms with Gasteiger partial charge in [-0.1, -0.05) is 32.9 Å². The number of carbonyl (C=O) groups is 1. The van der Waals surface area contributed by atoms with Crippen molar-refractivity contribution in [3.8, 4) is 0 Å². The minimum Gasteiger partial charge on any atom is -0.335 e. The largest absolute Gasteiger partial charge is 0.335 e. The highest BCUT2D eigenvalue weighted by molar-refractivity contribution is 5.89. The van der Waals surface area contributed by atoms with Gasteiger partial charge in [0.1, 0.15) is 0 Å². The van der Waals surface area contributed by atoms with Crippen LogP contribution in [0, 0.1) is 5.41 Å². The number of benzene rings is 1. The van der Waals surface area contributed by atoms with Crippen LogP contribution in [0.5, 0.6) is 0 Å². The number of hydrogen-bond donors (Lipinski definition) is 2. The summed E-state index contributed by atoms with van der Waals surface area (Å²) in [6, 6.07) is 7.57. The fraction of sp³-hybridized carbons (Fsp3) is 0.350. The molecule has 2 amide bonds. The van der Waals surface area contributed by atoms with Gasteiger partial charge in [0, 0.05) is 43.6 Å². The van der Waals surface area contributed by atoms with Crippen molar-refractivity contribution in [2.45, 2.75) is 39.9 Å². The zero-order valence-corrected chi connectivity index (χ0v) is 16.0. The van der Waals surface area contributed by atoms with E-state index in [1.54, 1.807) is 25.0 Å². The Morgan fingerprint density at radius 3 is 2.44 bits per heavy atom. The van der Waals surface area contributed by atoms with Crippen molar-refractivity contribution in [3.05, 3.63) is 67.3 Å². The summed E-state index contributed by atoms with van der Waals surface area (Å²) in [6.07, 6.45) is 10.8. The third-order valence-electron chi connectivity index (χ3n) is 4.41.